The van der Waals surface area contributed by atoms with Crippen molar-refractivity contribution in [2.45, 2.75) is 44.2 Å². The highest BCUT2D eigenvalue weighted by atomic mass is 15.6. The van der Waals surface area contributed by atoms with Gasteiger partial charge in [0.15, 0.2) is 5.82 Å². The predicted molar refractivity (Wildman–Crippen MR) is 79.7 cm³/mol. The van der Waals surface area contributed by atoms with Crippen molar-refractivity contribution in [1.82, 2.24) is 30.1 Å². The topological polar surface area (TPSA) is 59.7 Å². The van der Waals surface area contributed by atoms with Crippen molar-refractivity contribution in [3.05, 3.63) is 35.9 Å². The van der Waals surface area contributed by atoms with Gasteiger partial charge in [0, 0.05) is 12.4 Å². The molecule has 21 heavy (non-hydrogen) atoms. The van der Waals surface area contributed by atoms with Crippen molar-refractivity contribution < 1.29 is 0 Å². The van der Waals surface area contributed by atoms with E-state index in [9.17, 15) is 0 Å². The molecule has 2 heterocycles. The van der Waals surface area contributed by atoms with Crippen molar-refractivity contribution >= 4 is 0 Å². The molecule has 1 saturated carbocycles. The smallest absolute Gasteiger partial charge is 0.173 e. The van der Waals surface area contributed by atoms with Crippen LogP contribution in [-0.4, -0.2) is 44.2 Å². The molecule has 0 bridgehead atoms. The number of tetrazole rings is 1. The molecule has 112 valence electrons. The van der Waals surface area contributed by atoms with Gasteiger partial charge in [-0.15, -0.1) is 5.10 Å². The Morgan fingerprint density at radius 1 is 1.24 bits per heavy atom. The molecule has 6 heteroatoms. The van der Waals surface area contributed by atoms with E-state index in [-0.39, 0.29) is 6.04 Å². The Morgan fingerprint density at radius 2 is 2.05 bits per heavy atom. The highest BCUT2D eigenvalue weighted by Crippen LogP contribution is 2.31. The van der Waals surface area contributed by atoms with Crippen LogP contribution in [0.4, 0.5) is 0 Å². The molecule has 1 atom stereocenters. The van der Waals surface area contributed by atoms with E-state index in [0.717, 1.165) is 11.4 Å². The zero-order valence-corrected chi connectivity index (χ0v) is 12.7. The van der Waals surface area contributed by atoms with Crippen LogP contribution in [0.3, 0.4) is 0 Å². The van der Waals surface area contributed by atoms with Gasteiger partial charge in [0.05, 0.1) is 12.1 Å². The molecule has 2 aromatic heterocycles. The Balaban J connectivity index is 1.95. The number of nitrogens with zero attached hydrogens (tertiary/aromatic N) is 6. The minimum absolute atomic E-state index is 0.0376. The number of hydrogen-bond donors (Lipinski definition) is 0. The highest BCUT2D eigenvalue weighted by molar-refractivity contribution is 5.21. The Morgan fingerprint density at radius 3 is 2.71 bits per heavy atom. The summed E-state index contributed by atoms with van der Waals surface area (Å²) in [7, 11) is 4.11. The molecule has 1 unspecified atom stereocenters. The second-order valence-electron chi connectivity index (χ2n) is 5.93. The molecule has 0 spiro atoms. The average Bonchev–Trinajstić information content (AvgIpc) is 2.98. The summed E-state index contributed by atoms with van der Waals surface area (Å²) >= 11 is 0. The zero-order chi connectivity index (χ0) is 14.7. The number of pyridine rings is 1. The first-order valence-electron chi connectivity index (χ1n) is 7.61. The molecule has 0 radical (unpaired) electrons. The van der Waals surface area contributed by atoms with Gasteiger partial charge in [0.25, 0.3) is 0 Å². The second-order valence-corrected chi connectivity index (χ2v) is 5.93. The van der Waals surface area contributed by atoms with Crippen molar-refractivity contribution in [2.75, 3.05) is 14.1 Å². The maximum absolute atomic E-state index is 4.32. The largest absolute Gasteiger partial charge is 0.296 e. The fourth-order valence-corrected chi connectivity index (χ4v) is 3.18. The van der Waals surface area contributed by atoms with Gasteiger partial charge in [0.1, 0.15) is 0 Å². The van der Waals surface area contributed by atoms with Crippen LogP contribution in [0.15, 0.2) is 24.5 Å². The van der Waals surface area contributed by atoms with Crippen molar-refractivity contribution in [2.24, 2.45) is 0 Å². The van der Waals surface area contributed by atoms with E-state index in [2.05, 4.69) is 45.6 Å². The molecular formula is C15H22N6. The first-order valence-corrected chi connectivity index (χ1v) is 7.61. The molecule has 1 aliphatic rings. The summed E-state index contributed by atoms with van der Waals surface area (Å²) in [5.74, 6) is 0.917. The normalized spacial score (nSPS) is 18.0. The van der Waals surface area contributed by atoms with Crippen LogP contribution in [-0.2, 0) is 0 Å². The van der Waals surface area contributed by atoms with Crippen molar-refractivity contribution in [1.29, 1.82) is 0 Å². The van der Waals surface area contributed by atoms with E-state index in [4.69, 9.17) is 0 Å². The van der Waals surface area contributed by atoms with Crippen molar-refractivity contribution in [3.8, 4) is 0 Å². The molecule has 0 aliphatic heterocycles. The molecule has 1 aliphatic carbocycles. The lowest BCUT2D eigenvalue weighted by molar-refractivity contribution is 0.276. The summed E-state index contributed by atoms with van der Waals surface area (Å²) in [5, 5.41) is 12.5. The first kappa shape index (κ1) is 14.1. The van der Waals surface area contributed by atoms with Crippen molar-refractivity contribution in [3.63, 3.8) is 0 Å². The highest BCUT2D eigenvalue weighted by Gasteiger charge is 2.27. The Kier molecular flexibility index (Phi) is 4.24. The lowest BCUT2D eigenvalue weighted by Crippen LogP contribution is -2.27. The van der Waals surface area contributed by atoms with E-state index in [1.807, 2.05) is 16.9 Å². The van der Waals surface area contributed by atoms with Crippen LogP contribution in [0.2, 0.25) is 0 Å². The van der Waals surface area contributed by atoms with Gasteiger partial charge in [-0.05, 0) is 49.0 Å². The number of aromatic nitrogens is 5. The quantitative estimate of drug-likeness (QED) is 0.862. The summed E-state index contributed by atoms with van der Waals surface area (Å²) in [6.07, 6.45) is 9.89. The van der Waals surface area contributed by atoms with Gasteiger partial charge in [0.2, 0.25) is 0 Å². The Hall–Kier alpha value is -1.82. The van der Waals surface area contributed by atoms with Crippen LogP contribution >= 0.6 is 0 Å². The lowest BCUT2D eigenvalue weighted by atomic mass is 9.95. The molecule has 2 aromatic rings. The first-order chi connectivity index (χ1) is 10.3. The van der Waals surface area contributed by atoms with Crippen LogP contribution in [0.1, 0.15) is 55.6 Å². The summed E-state index contributed by atoms with van der Waals surface area (Å²) in [5.41, 5.74) is 1.12. The third-order valence-electron chi connectivity index (χ3n) is 4.20. The van der Waals surface area contributed by atoms with Gasteiger partial charge in [-0.1, -0.05) is 25.3 Å². The summed E-state index contributed by atoms with van der Waals surface area (Å²) in [6.45, 7) is 0. The van der Waals surface area contributed by atoms with E-state index in [0.29, 0.717) is 6.04 Å². The van der Waals surface area contributed by atoms with E-state index >= 15 is 0 Å². The maximum atomic E-state index is 4.32. The molecule has 0 N–H and O–H groups in total. The van der Waals surface area contributed by atoms with E-state index < -0.39 is 0 Å². The Labute approximate surface area is 125 Å². The molecule has 3 rings (SSSR count). The van der Waals surface area contributed by atoms with E-state index in [1.165, 1.54) is 32.1 Å². The fourth-order valence-electron chi connectivity index (χ4n) is 3.18. The van der Waals surface area contributed by atoms with E-state index in [1.54, 1.807) is 6.20 Å². The Bertz CT molecular complexity index is 559. The number of rotatable bonds is 4. The van der Waals surface area contributed by atoms with Gasteiger partial charge >= 0.3 is 0 Å². The van der Waals surface area contributed by atoms with Crippen LogP contribution in [0.5, 0.6) is 0 Å². The summed E-state index contributed by atoms with van der Waals surface area (Å²) < 4.78 is 2.04. The van der Waals surface area contributed by atoms with Crippen LogP contribution in [0, 0.1) is 0 Å². The fraction of sp³-hybridized carbons (Fsp3) is 0.600. The minimum Gasteiger partial charge on any atom is -0.296 e. The molecule has 6 nitrogen and oxygen atoms in total. The summed E-state index contributed by atoms with van der Waals surface area (Å²) in [4.78, 5) is 6.38. The SMILES string of the molecule is CN(C)C(c1cccnc1)c1nnnn1C1CCCCC1. The maximum Gasteiger partial charge on any atom is 0.173 e. The molecular weight excluding hydrogens is 264 g/mol. The third-order valence-corrected chi connectivity index (χ3v) is 4.20. The van der Waals surface area contributed by atoms with Gasteiger partial charge in [-0.3, -0.25) is 9.88 Å². The predicted octanol–water partition coefficient (Wildman–Crippen LogP) is 2.22. The van der Waals surface area contributed by atoms with Crippen LogP contribution in [0.25, 0.3) is 0 Å². The van der Waals surface area contributed by atoms with Gasteiger partial charge < -0.3 is 0 Å². The number of hydrogen-bond acceptors (Lipinski definition) is 5. The molecule has 0 aromatic carbocycles. The summed E-state index contributed by atoms with van der Waals surface area (Å²) in [6, 6.07) is 4.51. The average molecular weight is 286 g/mol. The molecule has 0 amide bonds. The van der Waals surface area contributed by atoms with Crippen LogP contribution < -0.4 is 0 Å². The van der Waals surface area contributed by atoms with Gasteiger partial charge in [-0.2, -0.15) is 0 Å². The minimum atomic E-state index is 0.0376. The standard InChI is InChI=1S/C15H22N6/c1-20(2)14(12-7-6-10-16-11-12)15-17-18-19-21(15)13-8-4-3-5-9-13/h6-7,10-11,13-14H,3-5,8-9H2,1-2H3. The molecule has 1 fully saturated rings. The zero-order valence-electron chi connectivity index (χ0n) is 12.7. The van der Waals surface area contributed by atoms with Gasteiger partial charge in [-0.25, -0.2) is 4.68 Å². The monoisotopic (exact) mass is 286 g/mol. The lowest BCUT2D eigenvalue weighted by Gasteiger charge is -2.27. The second kappa shape index (κ2) is 6.30. The third kappa shape index (κ3) is 2.95. The molecule has 0 saturated heterocycles.